The number of fused-ring (bicyclic) bond motifs is 3. The Kier molecular flexibility index (Phi) is 4.16. The Hall–Kier alpha value is -3.07. The first kappa shape index (κ1) is 17.1. The fraction of sp³-hybridized carbons (Fsp3) is 0.0417. The van der Waals surface area contributed by atoms with E-state index in [9.17, 15) is 4.79 Å². The summed E-state index contributed by atoms with van der Waals surface area (Å²) in [6.45, 7) is 0. The third-order valence-corrected chi connectivity index (χ3v) is 7.14. The van der Waals surface area contributed by atoms with Crippen LogP contribution in [0.25, 0.3) is 31.8 Å². The van der Waals surface area contributed by atoms with Gasteiger partial charge in [-0.2, -0.15) is 0 Å². The summed E-state index contributed by atoms with van der Waals surface area (Å²) in [6, 6.07) is 25.9. The van der Waals surface area contributed by atoms with Crippen molar-refractivity contribution in [2.75, 3.05) is 7.11 Å². The monoisotopic (exact) mass is 431 g/mol. The predicted octanol–water partition coefficient (Wildman–Crippen LogP) is 5.22. The van der Waals surface area contributed by atoms with Crippen molar-refractivity contribution in [3.8, 4) is 15.8 Å². The topological polar surface area (TPSA) is 31.2 Å². The number of methoxy groups -OCH3 is 1. The molecule has 0 bridgehead atoms. The van der Waals surface area contributed by atoms with Gasteiger partial charge in [0.05, 0.1) is 0 Å². The fourth-order valence-corrected chi connectivity index (χ4v) is 5.89. The van der Waals surface area contributed by atoms with Crippen LogP contribution in [0.3, 0.4) is 0 Å². The Morgan fingerprint density at radius 2 is 1.57 bits per heavy atom. The molecule has 0 saturated carbocycles. The number of para-hydroxylation sites is 1. The molecular formula is C24H17NO2Se. The molecule has 2 heterocycles. The van der Waals surface area contributed by atoms with Crippen molar-refractivity contribution in [2.45, 2.75) is 0 Å². The number of nitrogens with zero attached hydrogens (tertiary/aromatic N) is 1. The predicted molar refractivity (Wildman–Crippen MR) is 115 cm³/mol. The van der Waals surface area contributed by atoms with Gasteiger partial charge in [0.15, 0.2) is 0 Å². The second-order valence-corrected chi connectivity index (χ2v) is 8.42. The summed E-state index contributed by atoms with van der Waals surface area (Å²) in [6.07, 6.45) is 0. The van der Waals surface area contributed by atoms with E-state index in [1.54, 1.807) is 7.11 Å². The van der Waals surface area contributed by atoms with Gasteiger partial charge in [-0.15, -0.1) is 0 Å². The van der Waals surface area contributed by atoms with Crippen LogP contribution in [0.1, 0.15) is 10.4 Å². The van der Waals surface area contributed by atoms with E-state index >= 15 is 0 Å². The Bertz CT molecular complexity index is 1300. The number of ether oxygens (including phenoxy) is 1. The molecule has 5 aromatic rings. The molecule has 0 aliphatic heterocycles. The van der Waals surface area contributed by atoms with E-state index < -0.39 is 0 Å². The summed E-state index contributed by atoms with van der Waals surface area (Å²) < 4.78 is 8.42. The molecule has 3 aromatic carbocycles. The molecule has 0 amide bonds. The van der Waals surface area contributed by atoms with Gasteiger partial charge in [0.25, 0.3) is 0 Å². The summed E-state index contributed by atoms with van der Waals surface area (Å²) in [5.74, 6) is 0.732. The summed E-state index contributed by atoms with van der Waals surface area (Å²) in [4.78, 5) is 15.7. The summed E-state index contributed by atoms with van der Waals surface area (Å²) in [5.41, 5.74) is 3.85. The van der Waals surface area contributed by atoms with Gasteiger partial charge in [-0.05, 0) is 0 Å². The van der Waals surface area contributed by atoms with Crippen LogP contribution in [0.5, 0.6) is 5.75 Å². The Morgan fingerprint density at radius 3 is 2.32 bits per heavy atom. The Morgan fingerprint density at radius 1 is 0.857 bits per heavy atom. The van der Waals surface area contributed by atoms with Crippen molar-refractivity contribution in [3.63, 3.8) is 0 Å². The van der Waals surface area contributed by atoms with Crippen LogP contribution in [0.4, 0.5) is 0 Å². The van der Waals surface area contributed by atoms with Gasteiger partial charge in [-0.1, -0.05) is 0 Å². The van der Waals surface area contributed by atoms with E-state index in [1.807, 2.05) is 53.1 Å². The molecule has 0 aliphatic carbocycles. The van der Waals surface area contributed by atoms with Crippen molar-refractivity contribution in [2.24, 2.45) is 0 Å². The molecule has 0 spiro atoms. The quantitative estimate of drug-likeness (QED) is 0.368. The van der Waals surface area contributed by atoms with E-state index in [-0.39, 0.29) is 20.4 Å². The van der Waals surface area contributed by atoms with Crippen LogP contribution in [0.15, 0.2) is 83.8 Å². The third-order valence-electron chi connectivity index (χ3n) is 5.00. The van der Waals surface area contributed by atoms with Crippen LogP contribution in [-0.2, 0) is 0 Å². The number of rotatable bonds is 3. The second-order valence-electron chi connectivity index (χ2n) is 6.58. The Labute approximate surface area is 168 Å². The average molecular weight is 430 g/mol. The van der Waals surface area contributed by atoms with Crippen LogP contribution in [0.2, 0.25) is 0 Å². The van der Waals surface area contributed by atoms with Crippen LogP contribution >= 0.6 is 0 Å². The van der Waals surface area contributed by atoms with E-state index in [2.05, 4.69) is 35.3 Å². The molecule has 0 atom stereocenters. The summed E-state index contributed by atoms with van der Waals surface area (Å²) in [7, 11) is 1.63. The van der Waals surface area contributed by atoms with Gasteiger partial charge in [0.1, 0.15) is 0 Å². The second kappa shape index (κ2) is 6.83. The van der Waals surface area contributed by atoms with E-state index in [4.69, 9.17) is 4.74 Å². The zero-order valence-electron chi connectivity index (χ0n) is 15.3. The number of benzene rings is 3. The SMILES string of the molecule is COc1ccc(C(=O)n2c3ccccc3c3c(-c4ccccc4)[se]cc32)cc1. The van der Waals surface area contributed by atoms with E-state index in [1.165, 1.54) is 15.4 Å². The van der Waals surface area contributed by atoms with Crippen molar-refractivity contribution in [3.05, 3.63) is 89.4 Å². The van der Waals surface area contributed by atoms with Gasteiger partial charge in [-0.25, -0.2) is 0 Å². The molecule has 136 valence electrons. The maximum atomic E-state index is 13.4. The van der Waals surface area contributed by atoms with Crippen molar-refractivity contribution in [1.29, 1.82) is 0 Å². The molecule has 0 unspecified atom stereocenters. The van der Waals surface area contributed by atoms with Crippen molar-refractivity contribution >= 4 is 42.2 Å². The van der Waals surface area contributed by atoms with Gasteiger partial charge < -0.3 is 0 Å². The van der Waals surface area contributed by atoms with E-state index in [0.29, 0.717) is 5.56 Å². The molecule has 2 aromatic heterocycles. The number of hydrogen-bond donors (Lipinski definition) is 0. The van der Waals surface area contributed by atoms with E-state index in [0.717, 1.165) is 22.2 Å². The molecule has 3 nitrogen and oxygen atoms in total. The van der Waals surface area contributed by atoms with Crippen LogP contribution < -0.4 is 4.74 Å². The van der Waals surface area contributed by atoms with Crippen LogP contribution in [0, 0.1) is 0 Å². The molecule has 0 aliphatic rings. The van der Waals surface area contributed by atoms with Gasteiger partial charge >= 0.3 is 169 Å². The Balaban J connectivity index is 1.76. The molecule has 0 radical (unpaired) electrons. The van der Waals surface area contributed by atoms with Gasteiger partial charge in [0.2, 0.25) is 0 Å². The van der Waals surface area contributed by atoms with Crippen molar-refractivity contribution in [1.82, 2.24) is 4.57 Å². The molecule has 28 heavy (non-hydrogen) atoms. The number of carbonyl (C=O) groups excluding carboxylic acids is 1. The number of hydrogen-bond acceptors (Lipinski definition) is 2. The summed E-state index contributed by atoms with van der Waals surface area (Å²) in [5, 5.41) is 2.33. The van der Waals surface area contributed by atoms with Crippen molar-refractivity contribution < 1.29 is 9.53 Å². The zero-order valence-corrected chi connectivity index (χ0v) is 17.0. The maximum absolute atomic E-state index is 13.4. The number of carbonyl (C=O) groups is 1. The molecule has 0 N–H and O–H groups in total. The minimum absolute atomic E-state index is 0.0125. The average Bonchev–Trinajstić information content (AvgIpc) is 3.32. The minimum atomic E-state index is -0.0125. The molecule has 0 saturated heterocycles. The first-order valence-corrected chi connectivity index (χ1v) is 10.9. The summed E-state index contributed by atoms with van der Waals surface area (Å²) >= 11 is 0.192. The standard InChI is InChI=1S/C24H17NO2Se/c1-27-18-13-11-17(12-14-18)24(26)25-20-10-6-5-9-19(20)22-21(25)15-28-23(22)16-7-3-2-4-8-16/h2-15H,1H3. The third kappa shape index (κ3) is 2.62. The normalized spacial score (nSPS) is 11.2. The van der Waals surface area contributed by atoms with Gasteiger partial charge in [-0.3, -0.25) is 0 Å². The fourth-order valence-electron chi connectivity index (χ4n) is 3.67. The molecular weight excluding hydrogens is 413 g/mol. The number of aromatic nitrogens is 1. The van der Waals surface area contributed by atoms with Gasteiger partial charge in [0, 0.05) is 0 Å². The molecule has 0 fully saturated rings. The molecule has 5 rings (SSSR count). The van der Waals surface area contributed by atoms with Crippen LogP contribution in [-0.4, -0.2) is 32.1 Å². The molecule has 4 heteroatoms. The first-order valence-electron chi connectivity index (χ1n) is 9.03. The first-order chi connectivity index (χ1) is 13.8. The zero-order chi connectivity index (χ0) is 19.1.